The first-order valence-corrected chi connectivity index (χ1v) is 11.2. The number of ether oxygens (including phenoxy) is 1. The predicted molar refractivity (Wildman–Crippen MR) is 122 cm³/mol. The van der Waals surface area contributed by atoms with E-state index in [1.54, 1.807) is 23.1 Å². The summed E-state index contributed by atoms with van der Waals surface area (Å²) in [5, 5.41) is 21.4. The minimum atomic E-state index is -0.822. The topological polar surface area (TPSA) is 87.1 Å². The summed E-state index contributed by atoms with van der Waals surface area (Å²) in [6.45, 7) is 0. The van der Waals surface area contributed by atoms with Crippen molar-refractivity contribution in [3.63, 3.8) is 0 Å². The van der Waals surface area contributed by atoms with Crippen molar-refractivity contribution < 1.29 is 24.5 Å². The Kier molecular flexibility index (Phi) is 6.35. The number of methoxy groups -OCH3 is 1. The highest BCUT2D eigenvalue weighted by molar-refractivity contribution is 6.46. The van der Waals surface area contributed by atoms with Crippen LogP contribution in [0, 0.1) is 0 Å². The van der Waals surface area contributed by atoms with E-state index >= 15 is 0 Å². The summed E-state index contributed by atoms with van der Waals surface area (Å²) < 4.78 is 5.16. The van der Waals surface area contributed by atoms with Crippen molar-refractivity contribution in [3.05, 3.63) is 63.1 Å². The van der Waals surface area contributed by atoms with Gasteiger partial charge in [0.25, 0.3) is 11.7 Å². The number of aliphatic hydroxyl groups is 1. The van der Waals surface area contributed by atoms with Crippen LogP contribution in [0.2, 0.25) is 10.0 Å². The molecule has 1 aliphatic carbocycles. The zero-order chi connectivity index (χ0) is 23.0. The summed E-state index contributed by atoms with van der Waals surface area (Å²) in [4.78, 5) is 27.9. The first-order valence-electron chi connectivity index (χ1n) is 10.5. The normalized spacial score (nSPS) is 21.2. The van der Waals surface area contributed by atoms with E-state index in [9.17, 15) is 19.8 Å². The Morgan fingerprint density at radius 3 is 2.38 bits per heavy atom. The van der Waals surface area contributed by atoms with Crippen LogP contribution in [0.5, 0.6) is 11.5 Å². The van der Waals surface area contributed by atoms with Crippen molar-refractivity contribution in [3.8, 4) is 11.5 Å². The summed E-state index contributed by atoms with van der Waals surface area (Å²) in [7, 11) is 1.48. The molecular weight excluding hydrogens is 453 g/mol. The monoisotopic (exact) mass is 475 g/mol. The molecule has 4 rings (SSSR count). The lowest BCUT2D eigenvalue weighted by atomic mass is 9.91. The number of amides is 1. The molecule has 0 aromatic heterocycles. The van der Waals surface area contributed by atoms with E-state index in [0.29, 0.717) is 16.9 Å². The van der Waals surface area contributed by atoms with Crippen LogP contribution < -0.4 is 4.74 Å². The Labute approximate surface area is 196 Å². The van der Waals surface area contributed by atoms with Crippen LogP contribution in [0.15, 0.2) is 42.0 Å². The Hall–Kier alpha value is -2.70. The van der Waals surface area contributed by atoms with Crippen LogP contribution in [0.25, 0.3) is 5.76 Å². The second-order valence-electron chi connectivity index (χ2n) is 8.06. The number of carbonyl (C=O) groups excluding carboxylic acids is 2. The zero-order valence-corrected chi connectivity index (χ0v) is 19.0. The number of hydrogen-bond acceptors (Lipinski definition) is 5. The molecule has 168 valence electrons. The Bertz CT molecular complexity index is 1110. The number of ketones is 1. The molecule has 2 aromatic rings. The molecule has 1 heterocycles. The molecule has 1 saturated carbocycles. The van der Waals surface area contributed by atoms with Gasteiger partial charge in [0.15, 0.2) is 0 Å². The standard InChI is InChI=1S/C24H23Cl2NO5/c1-32-19-10-8-14(12-17(19)26)22(29)20-21(13-7-9-18(28)16(25)11-13)27(24(31)23(20)30)15-5-3-2-4-6-15/h7-12,15,21,28-29H,2-6H2,1H3/b22-20-. The molecule has 8 heteroatoms. The van der Waals surface area contributed by atoms with E-state index in [2.05, 4.69) is 0 Å². The van der Waals surface area contributed by atoms with E-state index < -0.39 is 17.7 Å². The number of Topliss-reactive ketones (excluding diaryl/α,β-unsaturated/α-hetero) is 1. The van der Waals surface area contributed by atoms with Gasteiger partial charge in [-0.05, 0) is 48.7 Å². The van der Waals surface area contributed by atoms with E-state index in [1.807, 2.05) is 0 Å². The molecule has 0 bridgehead atoms. The summed E-state index contributed by atoms with van der Waals surface area (Å²) in [6.07, 6.45) is 4.57. The molecule has 1 unspecified atom stereocenters. The van der Waals surface area contributed by atoms with Crippen LogP contribution in [0.1, 0.15) is 49.3 Å². The first kappa shape index (κ1) is 22.5. The molecule has 2 fully saturated rings. The highest BCUT2D eigenvalue weighted by atomic mass is 35.5. The van der Waals surface area contributed by atoms with Gasteiger partial charge in [-0.1, -0.05) is 48.5 Å². The largest absolute Gasteiger partial charge is 0.507 e. The van der Waals surface area contributed by atoms with Crippen molar-refractivity contribution in [2.45, 2.75) is 44.2 Å². The van der Waals surface area contributed by atoms with Gasteiger partial charge in [-0.3, -0.25) is 9.59 Å². The third-order valence-electron chi connectivity index (χ3n) is 6.16. The van der Waals surface area contributed by atoms with Crippen molar-refractivity contribution in [1.29, 1.82) is 0 Å². The number of halogens is 2. The molecular formula is C24H23Cl2NO5. The van der Waals surface area contributed by atoms with Gasteiger partial charge in [-0.25, -0.2) is 0 Å². The third-order valence-corrected chi connectivity index (χ3v) is 6.76. The number of likely N-dealkylation sites (tertiary alicyclic amines) is 1. The first-order chi connectivity index (χ1) is 15.3. The van der Waals surface area contributed by atoms with Gasteiger partial charge >= 0.3 is 0 Å². The van der Waals surface area contributed by atoms with Gasteiger partial charge in [0, 0.05) is 11.6 Å². The predicted octanol–water partition coefficient (Wildman–Crippen LogP) is 5.46. The minimum Gasteiger partial charge on any atom is -0.507 e. The van der Waals surface area contributed by atoms with E-state index in [0.717, 1.165) is 32.1 Å². The van der Waals surface area contributed by atoms with Crippen LogP contribution in [0.3, 0.4) is 0 Å². The lowest BCUT2D eigenvalue weighted by Gasteiger charge is -2.35. The molecule has 1 amide bonds. The van der Waals surface area contributed by atoms with Gasteiger partial charge in [0.05, 0.1) is 28.8 Å². The number of phenolic OH excluding ortho intramolecular Hbond substituents is 1. The average molecular weight is 476 g/mol. The number of rotatable bonds is 4. The summed E-state index contributed by atoms with van der Waals surface area (Å²) in [5.41, 5.74) is 0.814. The van der Waals surface area contributed by atoms with Gasteiger partial charge < -0.3 is 19.8 Å². The number of carbonyl (C=O) groups is 2. The lowest BCUT2D eigenvalue weighted by molar-refractivity contribution is -0.141. The van der Waals surface area contributed by atoms with Crippen LogP contribution in [0.4, 0.5) is 0 Å². The fraction of sp³-hybridized carbons (Fsp3) is 0.333. The molecule has 0 radical (unpaired) electrons. The molecule has 0 spiro atoms. The Morgan fingerprint density at radius 2 is 1.75 bits per heavy atom. The minimum absolute atomic E-state index is 0.0245. The molecule has 1 aliphatic heterocycles. The number of nitrogens with zero attached hydrogens (tertiary/aromatic N) is 1. The second kappa shape index (κ2) is 9.04. The quantitative estimate of drug-likeness (QED) is 0.348. The number of aromatic hydroxyl groups is 1. The second-order valence-corrected chi connectivity index (χ2v) is 8.87. The van der Waals surface area contributed by atoms with Crippen molar-refractivity contribution in [2.24, 2.45) is 0 Å². The van der Waals surface area contributed by atoms with E-state index in [1.165, 1.54) is 25.3 Å². The molecule has 1 atom stereocenters. The Balaban J connectivity index is 1.89. The third kappa shape index (κ3) is 3.93. The number of benzene rings is 2. The maximum Gasteiger partial charge on any atom is 0.295 e. The number of hydrogen-bond donors (Lipinski definition) is 2. The van der Waals surface area contributed by atoms with Crippen molar-refractivity contribution in [1.82, 2.24) is 4.90 Å². The van der Waals surface area contributed by atoms with Crippen LogP contribution >= 0.6 is 23.2 Å². The fourth-order valence-electron chi connectivity index (χ4n) is 4.58. The highest BCUT2D eigenvalue weighted by Gasteiger charge is 2.49. The SMILES string of the molecule is COc1ccc(/C(O)=C2/C(=O)C(=O)N(C3CCCCC3)C2c2ccc(O)c(Cl)c2)cc1Cl. The average Bonchev–Trinajstić information content (AvgIpc) is 3.06. The summed E-state index contributed by atoms with van der Waals surface area (Å²) >= 11 is 12.4. The molecule has 1 saturated heterocycles. The van der Waals surface area contributed by atoms with E-state index in [-0.39, 0.29) is 33.2 Å². The molecule has 2 aliphatic rings. The van der Waals surface area contributed by atoms with Gasteiger partial charge in [-0.2, -0.15) is 0 Å². The number of aliphatic hydroxyl groups excluding tert-OH is 1. The number of phenols is 1. The van der Waals surface area contributed by atoms with Gasteiger partial charge in [0.1, 0.15) is 17.3 Å². The van der Waals surface area contributed by atoms with Crippen molar-refractivity contribution in [2.75, 3.05) is 7.11 Å². The molecule has 32 heavy (non-hydrogen) atoms. The zero-order valence-electron chi connectivity index (χ0n) is 17.5. The Morgan fingerprint density at radius 1 is 1.03 bits per heavy atom. The molecule has 6 nitrogen and oxygen atoms in total. The smallest absolute Gasteiger partial charge is 0.295 e. The lowest BCUT2D eigenvalue weighted by Crippen LogP contribution is -2.40. The maximum absolute atomic E-state index is 13.2. The highest BCUT2D eigenvalue weighted by Crippen LogP contribution is 2.44. The van der Waals surface area contributed by atoms with Gasteiger partial charge in [-0.15, -0.1) is 0 Å². The summed E-state index contributed by atoms with van der Waals surface area (Å²) in [6, 6.07) is 8.27. The fourth-order valence-corrected chi connectivity index (χ4v) is 5.02. The van der Waals surface area contributed by atoms with Crippen molar-refractivity contribution >= 4 is 40.7 Å². The van der Waals surface area contributed by atoms with Crippen LogP contribution in [-0.2, 0) is 9.59 Å². The molecule has 2 aromatic carbocycles. The van der Waals surface area contributed by atoms with Gasteiger partial charge in [0.2, 0.25) is 0 Å². The summed E-state index contributed by atoms with van der Waals surface area (Å²) in [5.74, 6) is -1.40. The molecule has 2 N–H and O–H groups in total. The van der Waals surface area contributed by atoms with Crippen LogP contribution in [-0.4, -0.2) is 40.0 Å². The van der Waals surface area contributed by atoms with E-state index in [4.69, 9.17) is 27.9 Å². The maximum atomic E-state index is 13.2.